The van der Waals surface area contributed by atoms with Crippen LogP contribution >= 0.6 is 0 Å². The summed E-state index contributed by atoms with van der Waals surface area (Å²) in [5.41, 5.74) is 12.4. The first-order valence-corrected chi connectivity index (χ1v) is 22.7. The van der Waals surface area contributed by atoms with E-state index < -0.39 is 95.4 Å². The average Bonchev–Trinajstić information content (AvgIpc) is 3.71. The zero-order valence-corrected chi connectivity index (χ0v) is 39.6. The molecule has 1 aliphatic heterocycles. The first-order valence-electron chi connectivity index (χ1n) is 22.7. The van der Waals surface area contributed by atoms with Crippen LogP contribution in [0.4, 0.5) is 18.4 Å². The molecule has 0 saturated carbocycles. The van der Waals surface area contributed by atoms with Crippen molar-refractivity contribution in [2.45, 2.75) is 103 Å². The molecule has 3 aromatic rings. The minimum Gasteiger partial charge on any atom is -0.508 e. The predicted octanol–water partition coefficient (Wildman–Crippen LogP) is 2.10. The van der Waals surface area contributed by atoms with E-state index in [1.807, 2.05) is 29.2 Å². The van der Waals surface area contributed by atoms with Crippen molar-refractivity contribution in [3.63, 3.8) is 0 Å². The summed E-state index contributed by atoms with van der Waals surface area (Å²) in [5.74, 6) is -5.53. The summed E-state index contributed by atoms with van der Waals surface area (Å²) in [6.07, 6.45) is -0.562. The second kappa shape index (κ2) is 26.8. The number of amides is 8. The van der Waals surface area contributed by atoms with Crippen LogP contribution < -0.4 is 53.4 Å². The van der Waals surface area contributed by atoms with Gasteiger partial charge in [0.2, 0.25) is 29.5 Å². The van der Waals surface area contributed by atoms with Crippen molar-refractivity contribution in [3.05, 3.63) is 94.6 Å². The molecule has 12 N–H and O–H groups in total. The van der Waals surface area contributed by atoms with Crippen molar-refractivity contribution >= 4 is 47.6 Å². The number of carbonyl (C=O) groups excluding carboxylic acids is 7. The Hall–Kier alpha value is -7.56. The summed E-state index contributed by atoms with van der Waals surface area (Å²) in [4.78, 5) is 94.6. The van der Waals surface area contributed by atoms with Crippen LogP contribution in [0.2, 0.25) is 0 Å². The molecule has 23 heteroatoms. The summed E-state index contributed by atoms with van der Waals surface area (Å²) in [5, 5.41) is 27.4. The van der Waals surface area contributed by atoms with E-state index in [9.17, 15) is 47.4 Å². The highest BCUT2D eigenvalue weighted by atomic mass is 19.1. The molecule has 0 saturated heterocycles. The Labute approximate surface area is 404 Å². The molecule has 8 amide bonds. The molecular weight excluding hydrogens is 917 g/mol. The minimum absolute atomic E-state index is 0.000640. The van der Waals surface area contributed by atoms with Gasteiger partial charge in [-0.15, -0.1) is 0 Å². The van der Waals surface area contributed by atoms with Gasteiger partial charge in [-0.25, -0.2) is 18.4 Å². The van der Waals surface area contributed by atoms with Crippen molar-refractivity contribution in [2.24, 2.45) is 16.5 Å². The SMILES string of the molecule is CCC(=O)NCCNC(=O)NC(N)=NCCC[C@@H](NC(=O)[C@H](c1ccc(OCCCNC(=O)[C@@H](CC(N)=O)NC(=O)OC(C)(C)C)cc1)N1Cc2ccccc2C1)C(=O)NCc1c(F)cc(O)cc1F. The van der Waals surface area contributed by atoms with Gasteiger partial charge in [0.1, 0.15) is 46.9 Å². The van der Waals surface area contributed by atoms with Crippen LogP contribution in [0.3, 0.4) is 0 Å². The van der Waals surface area contributed by atoms with E-state index in [-0.39, 0.29) is 57.5 Å². The number of benzene rings is 3. The number of nitrogens with two attached hydrogens (primary N) is 2. The molecular formula is C47H63F2N11O10. The van der Waals surface area contributed by atoms with Gasteiger partial charge in [-0.05, 0) is 68.9 Å². The van der Waals surface area contributed by atoms with E-state index >= 15 is 0 Å². The van der Waals surface area contributed by atoms with E-state index in [1.54, 1.807) is 52.0 Å². The Balaban J connectivity index is 1.44. The Kier molecular flexibility index (Phi) is 21.1. The van der Waals surface area contributed by atoms with Crippen LogP contribution in [-0.2, 0) is 48.3 Å². The number of phenolic OH excluding ortho intramolecular Hbond substituents is 1. The van der Waals surface area contributed by atoms with Gasteiger partial charge >= 0.3 is 12.1 Å². The molecule has 21 nitrogen and oxygen atoms in total. The molecule has 0 unspecified atom stereocenters. The highest BCUT2D eigenvalue weighted by Crippen LogP contribution is 2.33. The predicted molar refractivity (Wildman–Crippen MR) is 252 cm³/mol. The van der Waals surface area contributed by atoms with E-state index in [2.05, 4.69) is 42.2 Å². The van der Waals surface area contributed by atoms with E-state index in [4.69, 9.17) is 20.9 Å². The third kappa shape index (κ3) is 18.5. The number of phenols is 1. The summed E-state index contributed by atoms with van der Waals surface area (Å²) in [6.45, 7) is 7.45. The summed E-state index contributed by atoms with van der Waals surface area (Å²) < 4.78 is 40.4. The number of nitrogens with zero attached hydrogens (tertiary/aromatic N) is 2. The van der Waals surface area contributed by atoms with Crippen molar-refractivity contribution in [3.8, 4) is 11.5 Å². The number of carbonyl (C=O) groups is 7. The molecule has 0 fully saturated rings. The van der Waals surface area contributed by atoms with E-state index in [0.717, 1.165) is 11.1 Å². The molecule has 0 spiro atoms. The second-order valence-corrected chi connectivity index (χ2v) is 17.2. The van der Waals surface area contributed by atoms with Gasteiger partial charge < -0.3 is 57.9 Å². The van der Waals surface area contributed by atoms with Gasteiger partial charge in [0.15, 0.2) is 5.96 Å². The van der Waals surface area contributed by atoms with Crippen LogP contribution in [-0.4, -0.2) is 108 Å². The molecule has 1 aliphatic rings. The Morgan fingerprint density at radius 1 is 0.800 bits per heavy atom. The van der Waals surface area contributed by atoms with Gasteiger partial charge in [-0.1, -0.05) is 43.3 Å². The number of halogens is 2. The third-order valence-electron chi connectivity index (χ3n) is 10.4. The molecule has 380 valence electrons. The van der Waals surface area contributed by atoms with Crippen LogP contribution in [0.25, 0.3) is 0 Å². The van der Waals surface area contributed by atoms with Crippen molar-refractivity contribution in [1.29, 1.82) is 0 Å². The number of urea groups is 1. The lowest BCUT2D eigenvalue weighted by Gasteiger charge is -2.29. The number of ether oxygens (including phenoxy) is 2. The molecule has 3 atom stereocenters. The van der Waals surface area contributed by atoms with Crippen molar-refractivity contribution < 1.29 is 56.9 Å². The van der Waals surface area contributed by atoms with Crippen LogP contribution in [0.15, 0.2) is 65.7 Å². The number of fused-ring (bicyclic) bond motifs is 1. The van der Waals surface area contributed by atoms with Gasteiger partial charge in [0.25, 0.3) is 0 Å². The number of hydrogen-bond donors (Lipinski definition) is 10. The number of nitrogens with one attached hydrogen (secondary N) is 7. The first-order chi connectivity index (χ1) is 33.2. The quantitative estimate of drug-likeness (QED) is 0.0351. The molecule has 0 aromatic heterocycles. The molecule has 0 aliphatic carbocycles. The minimum atomic E-state index is -1.25. The molecule has 1 heterocycles. The summed E-state index contributed by atoms with van der Waals surface area (Å²) in [7, 11) is 0. The highest BCUT2D eigenvalue weighted by Gasteiger charge is 2.34. The van der Waals surface area contributed by atoms with Gasteiger partial charge in [0, 0.05) is 69.9 Å². The van der Waals surface area contributed by atoms with Crippen LogP contribution in [0, 0.1) is 11.6 Å². The number of primary amides is 1. The Bertz CT molecular complexity index is 2300. The maximum Gasteiger partial charge on any atom is 0.408 e. The van der Waals surface area contributed by atoms with E-state index in [1.165, 1.54) is 0 Å². The van der Waals surface area contributed by atoms with E-state index in [0.29, 0.717) is 49.4 Å². The maximum atomic E-state index is 14.6. The zero-order valence-electron chi connectivity index (χ0n) is 39.6. The first kappa shape index (κ1) is 55.0. The Morgan fingerprint density at radius 2 is 1.43 bits per heavy atom. The monoisotopic (exact) mass is 979 g/mol. The lowest BCUT2D eigenvalue weighted by atomic mass is 10.0. The number of aromatic hydroxyl groups is 1. The summed E-state index contributed by atoms with van der Waals surface area (Å²) >= 11 is 0. The maximum absolute atomic E-state index is 14.6. The van der Waals surface area contributed by atoms with Gasteiger partial charge in [-0.2, -0.15) is 0 Å². The number of aliphatic imine (C=N–C) groups is 1. The molecule has 0 bridgehead atoms. The lowest BCUT2D eigenvalue weighted by Crippen LogP contribution is -2.50. The zero-order chi connectivity index (χ0) is 51.4. The fraction of sp³-hybridized carbons (Fsp3) is 0.447. The van der Waals surface area contributed by atoms with Gasteiger partial charge in [0.05, 0.1) is 13.0 Å². The van der Waals surface area contributed by atoms with Crippen LogP contribution in [0.5, 0.6) is 11.5 Å². The van der Waals surface area contributed by atoms with Crippen LogP contribution in [0.1, 0.15) is 88.1 Å². The number of alkyl carbamates (subject to hydrolysis) is 1. The van der Waals surface area contributed by atoms with Gasteiger partial charge in [-0.3, -0.25) is 39.2 Å². The molecule has 0 radical (unpaired) electrons. The average molecular weight is 980 g/mol. The molecule has 3 aromatic carbocycles. The standard InChI is InChI=1S/C47H63F2N11O10/c1-5-39(63)52-19-20-55-45(67)59-44(51)54-17-8-12-36(41(64)56-25-33-34(48)22-31(61)23-35(33)49)57-43(66)40(60-26-29-10-6-7-11-30(29)27-60)28-13-15-32(16-14-28)69-21-9-18-53-42(65)37(24-38(50)62)58-46(68)70-47(2,3)4/h6-7,10-11,13-16,22-23,36-37,40,61H,5,8-9,12,17-21,24-27H2,1-4H3,(H2,50,62)(H,52,63)(H,53,65)(H,56,64)(H,57,66)(H,58,68)(H4,51,54,55,59,67)/t36-,37-,40+/m1/s1. The smallest absolute Gasteiger partial charge is 0.408 e. The third-order valence-corrected chi connectivity index (χ3v) is 10.4. The second-order valence-electron chi connectivity index (χ2n) is 17.2. The molecule has 4 rings (SSSR count). The number of hydrogen-bond acceptors (Lipinski definition) is 12. The lowest BCUT2D eigenvalue weighted by molar-refractivity contribution is -0.132. The van der Waals surface area contributed by atoms with Crippen molar-refractivity contribution in [1.82, 2.24) is 42.1 Å². The fourth-order valence-corrected chi connectivity index (χ4v) is 7.05. The number of guanidine groups is 1. The summed E-state index contributed by atoms with van der Waals surface area (Å²) in [6, 6.07) is 11.7. The number of rotatable bonds is 24. The molecule has 70 heavy (non-hydrogen) atoms. The van der Waals surface area contributed by atoms with Crippen molar-refractivity contribution in [2.75, 3.05) is 32.8 Å². The Morgan fingerprint density at radius 3 is 2.04 bits per heavy atom. The topological polar surface area (TPSA) is 310 Å². The highest BCUT2D eigenvalue weighted by molar-refractivity contribution is 5.95. The fourth-order valence-electron chi connectivity index (χ4n) is 7.05. The normalized spacial score (nSPS) is 13.7. The largest absolute Gasteiger partial charge is 0.508 e.